The first-order valence-electron chi connectivity index (χ1n) is 7.80. The van der Waals surface area contributed by atoms with Gasteiger partial charge in [0.1, 0.15) is 11.1 Å². The van der Waals surface area contributed by atoms with Gasteiger partial charge in [0.15, 0.2) is 0 Å². The molecule has 0 aliphatic rings. The number of hydrogen-bond donors (Lipinski definition) is 1. The molecule has 0 aliphatic carbocycles. The third-order valence-electron chi connectivity index (χ3n) is 3.57. The van der Waals surface area contributed by atoms with E-state index < -0.39 is 17.5 Å². The normalized spacial score (nSPS) is 10.5. The maximum Gasteiger partial charge on any atom is 0.349 e. The Hall–Kier alpha value is -2.93. The maximum atomic E-state index is 12.5. The van der Waals surface area contributed by atoms with E-state index in [1.54, 1.807) is 43.3 Å². The molecule has 1 heterocycles. The highest BCUT2D eigenvalue weighted by atomic mass is 79.9. The molecule has 7 heteroatoms. The van der Waals surface area contributed by atoms with E-state index in [0.717, 1.165) is 4.47 Å². The van der Waals surface area contributed by atoms with E-state index in [1.165, 1.54) is 12.1 Å². The summed E-state index contributed by atoms with van der Waals surface area (Å²) < 4.78 is 10.9. The van der Waals surface area contributed by atoms with Gasteiger partial charge in [-0.05, 0) is 49.4 Å². The molecule has 0 atom stereocenters. The van der Waals surface area contributed by atoms with Gasteiger partial charge in [0.25, 0.3) is 5.91 Å². The van der Waals surface area contributed by atoms with E-state index in [0.29, 0.717) is 22.2 Å². The van der Waals surface area contributed by atoms with E-state index in [-0.39, 0.29) is 12.2 Å². The molecule has 0 bridgehead atoms. The fraction of sp³-hybridized carbons (Fsp3) is 0.105. The molecule has 2 aromatic carbocycles. The lowest BCUT2D eigenvalue weighted by atomic mass is 10.1. The minimum atomic E-state index is -0.737. The summed E-state index contributed by atoms with van der Waals surface area (Å²) in [7, 11) is 0. The number of carbonyl (C=O) groups excluding carboxylic acids is 2. The Morgan fingerprint density at radius 2 is 1.96 bits per heavy atom. The summed E-state index contributed by atoms with van der Waals surface area (Å²) in [6.07, 6.45) is 0. The number of hydrogen-bond acceptors (Lipinski definition) is 5. The van der Waals surface area contributed by atoms with Crippen LogP contribution >= 0.6 is 15.9 Å². The van der Waals surface area contributed by atoms with Crippen molar-refractivity contribution in [2.24, 2.45) is 0 Å². The quantitative estimate of drug-likeness (QED) is 0.514. The van der Waals surface area contributed by atoms with E-state index in [1.807, 2.05) is 0 Å². The van der Waals surface area contributed by atoms with Crippen LogP contribution < -0.4 is 10.9 Å². The van der Waals surface area contributed by atoms with Gasteiger partial charge in [-0.15, -0.1) is 0 Å². The van der Waals surface area contributed by atoms with Crippen LogP contribution in [0.25, 0.3) is 11.0 Å². The molecule has 26 heavy (non-hydrogen) atoms. The first kappa shape index (κ1) is 17.9. The maximum absolute atomic E-state index is 12.5. The second kappa shape index (κ2) is 7.53. The fourth-order valence-electron chi connectivity index (χ4n) is 2.39. The molecule has 0 saturated carbocycles. The third-order valence-corrected chi connectivity index (χ3v) is 4.06. The number of anilines is 1. The van der Waals surface area contributed by atoms with Crippen LogP contribution in [0.4, 0.5) is 5.69 Å². The molecule has 0 aliphatic heterocycles. The highest BCUT2D eigenvalue weighted by molar-refractivity contribution is 9.10. The van der Waals surface area contributed by atoms with Gasteiger partial charge >= 0.3 is 11.6 Å². The highest BCUT2D eigenvalue weighted by Gasteiger charge is 2.15. The first-order chi connectivity index (χ1) is 12.5. The van der Waals surface area contributed by atoms with Crippen LogP contribution in [0.2, 0.25) is 0 Å². The molecule has 0 fully saturated rings. The van der Waals surface area contributed by atoms with Crippen LogP contribution in [0.3, 0.4) is 0 Å². The van der Waals surface area contributed by atoms with Gasteiger partial charge in [-0.1, -0.05) is 22.0 Å². The monoisotopic (exact) mass is 415 g/mol. The molecular weight excluding hydrogens is 402 g/mol. The number of esters is 1. The molecule has 3 aromatic rings. The lowest BCUT2D eigenvalue weighted by Crippen LogP contribution is -2.20. The molecule has 1 aromatic heterocycles. The van der Waals surface area contributed by atoms with Crippen LogP contribution in [0.1, 0.15) is 27.6 Å². The number of amides is 1. The van der Waals surface area contributed by atoms with Crippen LogP contribution in [0, 0.1) is 0 Å². The zero-order valence-electron chi connectivity index (χ0n) is 13.7. The Morgan fingerprint density at radius 1 is 1.15 bits per heavy atom. The Bertz CT molecular complexity index is 1060. The lowest BCUT2D eigenvalue weighted by Gasteiger charge is -2.07. The van der Waals surface area contributed by atoms with Gasteiger partial charge < -0.3 is 14.5 Å². The zero-order valence-corrected chi connectivity index (χ0v) is 15.3. The molecule has 1 N–H and O–H groups in total. The number of benzene rings is 2. The Labute approximate surface area is 156 Å². The van der Waals surface area contributed by atoms with Crippen molar-refractivity contribution >= 4 is 44.5 Å². The van der Waals surface area contributed by atoms with Crippen molar-refractivity contribution < 1.29 is 18.7 Å². The van der Waals surface area contributed by atoms with Crippen LogP contribution in [0.5, 0.6) is 0 Å². The Morgan fingerprint density at radius 3 is 2.73 bits per heavy atom. The first-order valence-corrected chi connectivity index (χ1v) is 8.59. The minimum Gasteiger partial charge on any atom is -0.462 e. The van der Waals surface area contributed by atoms with Crippen molar-refractivity contribution in [1.82, 2.24) is 0 Å². The second-order valence-corrected chi connectivity index (χ2v) is 6.30. The molecule has 3 rings (SSSR count). The highest BCUT2D eigenvalue weighted by Crippen LogP contribution is 2.20. The van der Waals surface area contributed by atoms with Gasteiger partial charge in [0.2, 0.25) is 0 Å². The lowest BCUT2D eigenvalue weighted by molar-refractivity contribution is 0.0526. The van der Waals surface area contributed by atoms with E-state index in [9.17, 15) is 14.4 Å². The molecule has 0 unspecified atom stereocenters. The van der Waals surface area contributed by atoms with Crippen molar-refractivity contribution in [2.45, 2.75) is 6.92 Å². The third kappa shape index (κ3) is 3.83. The summed E-state index contributed by atoms with van der Waals surface area (Å²) in [6, 6.07) is 12.9. The predicted molar refractivity (Wildman–Crippen MR) is 101 cm³/mol. The smallest absolute Gasteiger partial charge is 0.349 e. The topological polar surface area (TPSA) is 85.6 Å². The number of fused-ring (bicyclic) bond motifs is 1. The van der Waals surface area contributed by atoms with Crippen molar-refractivity contribution in [1.29, 1.82) is 0 Å². The Balaban J connectivity index is 1.90. The van der Waals surface area contributed by atoms with Gasteiger partial charge in [0, 0.05) is 15.5 Å². The fourth-order valence-corrected chi connectivity index (χ4v) is 2.77. The molecule has 6 nitrogen and oxygen atoms in total. The molecule has 0 saturated heterocycles. The summed E-state index contributed by atoms with van der Waals surface area (Å²) in [4.78, 5) is 36.3. The second-order valence-electron chi connectivity index (χ2n) is 5.39. The van der Waals surface area contributed by atoms with Gasteiger partial charge in [0.05, 0.1) is 12.2 Å². The summed E-state index contributed by atoms with van der Waals surface area (Å²) in [5.74, 6) is -1.11. The number of carbonyl (C=O) groups is 2. The minimum absolute atomic E-state index is 0.128. The van der Waals surface area contributed by atoms with Gasteiger partial charge in [-0.2, -0.15) is 0 Å². The SMILES string of the molecule is CCOC(=O)c1cccc(NC(=O)c2cc3cc(Br)ccc3oc2=O)c1. The molecular formula is C19H14BrNO5. The summed E-state index contributed by atoms with van der Waals surface area (Å²) in [5, 5.41) is 3.21. The van der Waals surface area contributed by atoms with Crippen LogP contribution in [-0.2, 0) is 4.74 Å². The van der Waals surface area contributed by atoms with Crippen molar-refractivity contribution in [2.75, 3.05) is 11.9 Å². The van der Waals surface area contributed by atoms with E-state index in [4.69, 9.17) is 9.15 Å². The van der Waals surface area contributed by atoms with Crippen LogP contribution in [-0.4, -0.2) is 18.5 Å². The number of rotatable bonds is 4. The summed E-state index contributed by atoms with van der Waals surface area (Å²) in [5.41, 5.74) is 0.198. The van der Waals surface area contributed by atoms with E-state index >= 15 is 0 Å². The summed E-state index contributed by atoms with van der Waals surface area (Å²) >= 11 is 3.34. The average Bonchev–Trinajstić information content (AvgIpc) is 2.62. The number of halogens is 1. The van der Waals surface area contributed by atoms with Gasteiger partial charge in [-0.25, -0.2) is 9.59 Å². The average molecular weight is 416 g/mol. The van der Waals surface area contributed by atoms with Crippen LogP contribution in [0.15, 0.2) is 62.2 Å². The zero-order chi connectivity index (χ0) is 18.7. The Kier molecular flexibility index (Phi) is 5.18. The number of ether oxygens (including phenoxy) is 1. The van der Waals surface area contributed by atoms with E-state index in [2.05, 4.69) is 21.2 Å². The van der Waals surface area contributed by atoms with Crippen molar-refractivity contribution in [3.05, 3.63) is 74.6 Å². The molecule has 1 amide bonds. The largest absolute Gasteiger partial charge is 0.462 e. The number of nitrogens with one attached hydrogen (secondary N) is 1. The molecule has 132 valence electrons. The molecule has 0 spiro atoms. The van der Waals surface area contributed by atoms with Crippen molar-refractivity contribution in [3.8, 4) is 0 Å². The standard InChI is InChI=1S/C19H14BrNO5/c1-2-25-18(23)11-4-3-5-14(9-11)21-17(22)15-10-12-8-13(20)6-7-16(12)26-19(15)24/h3-10H,2H2,1H3,(H,21,22). The van der Waals surface area contributed by atoms with Crippen molar-refractivity contribution in [3.63, 3.8) is 0 Å². The summed E-state index contributed by atoms with van der Waals surface area (Å²) in [6.45, 7) is 1.96. The molecule has 0 radical (unpaired) electrons. The van der Waals surface area contributed by atoms with Gasteiger partial charge in [-0.3, -0.25) is 4.79 Å². The predicted octanol–water partition coefficient (Wildman–Crippen LogP) is 3.98.